The molecule has 128 valence electrons. The van der Waals surface area contributed by atoms with Crippen molar-refractivity contribution in [1.29, 1.82) is 0 Å². The van der Waals surface area contributed by atoms with E-state index in [1.165, 1.54) is 0 Å². The molecule has 2 atom stereocenters. The molecule has 1 aromatic rings. The fourth-order valence-corrected chi connectivity index (χ4v) is 3.34. The number of nitrogens with one attached hydrogen (secondary N) is 1. The number of Topliss-reactive ketones (excluding diaryl/α,β-unsaturated/α-hetero) is 1. The molecule has 0 unspecified atom stereocenters. The Morgan fingerprint density at radius 2 is 2.17 bits per heavy atom. The van der Waals surface area contributed by atoms with Crippen molar-refractivity contribution in [2.45, 2.75) is 38.2 Å². The fourth-order valence-electron chi connectivity index (χ4n) is 3.34. The van der Waals surface area contributed by atoms with Gasteiger partial charge >= 0.3 is 0 Å². The van der Waals surface area contributed by atoms with Gasteiger partial charge in [-0.25, -0.2) is 0 Å². The third-order valence-electron chi connectivity index (χ3n) is 4.83. The van der Waals surface area contributed by atoms with E-state index in [1.54, 1.807) is 0 Å². The van der Waals surface area contributed by atoms with Gasteiger partial charge in [0.1, 0.15) is 11.9 Å². The Labute approximate surface area is 142 Å². The van der Waals surface area contributed by atoms with E-state index in [2.05, 4.69) is 18.3 Å². The second kappa shape index (κ2) is 6.06. The minimum atomic E-state index is -0.389. The SMILES string of the molecule is Cc1ccc2c(c1)[C@]1(C)C=C(NC(=O)CCN(C)C)C(=O)C[C@@H]1O2. The van der Waals surface area contributed by atoms with E-state index in [9.17, 15) is 9.59 Å². The third kappa shape index (κ3) is 2.96. The summed E-state index contributed by atoms with van der Waals surface area (Å²) < 4.78 is 5.99. The molecule has 5 nitrogen and oxygen atoms in total. The van der Waals surface area contributed by atoms with Gasteiger partial charge in [0.05, 0.1) is 17.5 Å². The number of rotatable bonds is 4. The van der Waals surface area contributed by atoms with Crippen LogP contribution in [-0.2, 0) is 15.0 Å². The summed E-state index contributed by atoms with van der Waals surface area (Å²) in [5, 5.41) is 2.80. The molecular weight excluding hydrogens is 304 g/mol. The zero-order valence-electron chi connectivity index (χ0n) is 14.7. The minimum absolute atomic E-state index is 0.0693. The quantitative estimate of drug-likeness (QED) is 0.918. The highest BCUT2D eigenvalue weighted by molar-refractivity contribution is 6.00. The number of hydrogen-bond donors (Lipinski definition) is 1. The van der Waals surface area contributed by atoms with Gasteiger partial charge in [-0.3, -0.25) is 9.59 Å². The van der Waals surface area contributed by atoms with Crippen LogP contribution in [0.15, 0.2) is 30.0 Å². The fraction of sp³-hybridized carbons (Fsp3) is 0.474. The Morgan fingerprint density at radius 1 is 1.42 bits per heavy atom. The number of nitrogens with zero attached hydrogens (tertiary/aromatic N) is 1. The average Bonchev–Trinajstić information content (AvgIpc) is 2.78. The molecular formula is C19H24N2O3. The van der Waals surface area contributed by atoms with E-state index in [0.29, 0.717) is 18.7 Å². The molecule has 1 heterocycles. The van der Waals surface area contributed by atoms with Gasteiger partial charge in [0.2, 0.25) is 5.91 Å². The van der Waals surface area contributed by atoms with Crippen molar-refractivity contribution in [1.82, 2.24) is 10.2 Å². The number of aryl methyl sites for hydroxylation is 1. The maximum atomic E-state index is 12.4. The van der Waals surface area contributed by atoms with Gasteiger partial charge in [-0.1, -0.05) is 17.7 Å². The van der Waals surface area contributed by atoms with E-state index in [-0.39, 0.29) is 29.6 Å². The molecule has 1 aliphatic carbocycles. The zero-order valence-corrected chi connectivity index (χ0v) is 14.7. The lowest BCUT2D eigenvalue weighted by Gasteiger charge is -2.32. The molecule has 5 heteroatoms. The summed E-state index contributed by atoms with van der Waals surface area (Å²) in [7, 11) is 3.83. The van der Waals surface area contributed by atoms with Gasteiger partial charge in [-0.2, -0.15) is 0 Å². The molecule has 0 fully saturated rings. The van der Waals surface area contributed by atoms with Crippen LogP contribution in [0.25, 0.3) is 0 Å². The van der Waals surface area contributed by atoms with Gasteiger partial charge in [0, 0.05) is 18.5 Å². The van der Waals surface area contributed by atoms with Crippen LogP contribution in [0.2, 0.25) is 0 Å². The number of hydrogen-bond acceptors (Lipinski definition) is 4. The van der Waals surface area contributed by atoms with Crippen molar-refractivity contribution in [2.24, 2.45) is 0 Å². The number of fused-ring (bicyclic) bond motifs is 3. The first-order valence-electron chi connectivity index (χ1n) is 8.28. The molecule has 0 radical (unpaired) electrons. The number of amides is 1. The van der Waals surface area contributed by atoms with Crippen LogP contribution < -0.4 is 10.1 Å². The predicted octanol–water partition coefficient (Wildman–Crippen LogP) is 1.94. The summed E-state index contributed by atoms with van der Waals surface area (Å²) in [6.07, 6.45) is 2.32. The Balaban J connectivity index is 1.86. The molecule has 3 rings (SSSR count). The van der Waals surface area contributed by atoms with E-state index in [0.717, 1.165) is 16.9 Å². The summed E-state index contributed by atoms with van der Waals surface area (Å²) >= 11 is 0. The molecule has 0 saturated heterocycles. The lowest BCUT2D eigenvalue weighted by molar-refractivity contribution is -0.124. The molecule has 1 amide bonds. The van der Waals surface area contributed by atoms with Crippen LogP contribution in [0.3, 0.4) is 0 Å². The predicted molar refractivity (Wildman–Crippen MR) is 92.0 cm³/mol. The second-order valence-corrected chi connectivity index (χ2v) is 7.18. The Kier molecular flexibility index (Phi) is 4.22. The number of benzene rings is 1. The summed E-state index contributed by atoms with van der Waals surface area (Å²) in [5.41, 5.74) is 2.25. The molecule has 0 bridgehead atoms. The van der Waals surface area contributed by atoms with Crippen LogP contribution in [0, 0.1) is 6.92 Å². The van der Waals surface area contributed by atoms with Crippen molar-refractivity contribution in [3.8, 4) is 5.75 Å². The first-order chi connectivity index (χ1) is 11.3. The summed E-state index contributed by atoms with van der Waals surface area (Å²) in [6, 6.07) is 6.07. The van der Waals surface area contributed by atoms with Crippen molar-refractivity contribution >= 4 is 11.7 Å². The normalized spacial score (nSPS) is 25.0. The molecule has 0 spiro atoms. The summed E-state index contributed by atoms with van der Waals surface area (Å²) in [5.74, 6) is 0.631. The number of ketones is 1. The van der Waals surface area contributed by atoms with E-state index in [4.69, 9.17) is 4.74 Å². The minimum Gasteiger partial charge on any atom is -0.488 e. The smallest absolute Gasteiger partial charge is 0.225 e. The number of carbonyl (C=O) groups is 2. The van der Waals surface area contributed by atoms with E-state index in [1.807, 2.05) is 44.1 Å². The largest absolute Gasteiger partial charge is 0.488 e. The second-order valence-electron chi connectivity index (χ2n) is 7.18. The molecule has 0 aromatic heterocycles. The maximum Gasteiger partial charge on any atom is 0.225 e. The third-order valence-corrected chi connectivity index (χ3v) is 4.83. The van der Waals surface area contributed by atoms with Crippen LogP contribution in [0.1, 0.15) is 30.9 Å². The summed E-state index contributed by atoms with van der Waals surface area (Å²) in [4.78, 5) is 26.4. The lowest BCUT2D eigenvalue weighted by Crippen LogP contribution is -2.43. The van der Waals surface area contributed by atoms with Crippen molar-refractivity contribution in [2.75, 3.05) is 20.6 Å². The standard InChI is InChI=1S/C19H24N2O3/c1-12-5-6-16-13(9-12)19(2)11-14(15(22)10-17(19)24-16)20-18(23)7-8-21(3)4/h5-6,9,11,17H,7-8,10H2,1-4H3,(H,20,23)/t17-,19-/m0/s1. The molecule has 1 aromatic carbocycles. The highest BCUT2D eigenvalue weighted by Crippen LogP contribution is 2.47. The molecule has 1 N–H and O–H groups in total. The molecule has 2 aliphatic rings. The molecule has 1 aliphatic heterocycles. The summed E-state index contributed by atoms with van der Waals surface area (Å²) in [6.45, 7) is 4.76. The van der Waals surface area contributed by atoms with Crippen LogP contribution in [0.5, 0.6) is 5.75 Å². The molecule has 0 saturated carbocycles. The van der Waals surface area contributed by atoms with Gasteiger partial charge in [0.15, 0.2) is 5.78 Å². The number of carbonyl (C=O) groups excluding carboxylic acids is 2. The van der Waals surface area contributed by atoms with Crippen LogP contribution in [0.4, 0.5) is 0 Å². The average molecular weight is 328 g/mol. The first kappa shape index (κ1) is 16.7. The number of ether oxygens (including phenoxy) is 1. The van der Waals surface area contributed by atoms with E-state index < -0.39 is 0 Å². The maximum absolute atomic E-state index is 12.4. The van der Waals surface area contributed by atoms with Gasteiger partial charge in [0.25, 0.3) is 0 Å². The highest BCUT2D eigenvalue weighted by Gasteiger charge is 2.48. The zero-order chi connectivity index (χ0) is 17.5. The topological polar surface area (TPSA) is 58.6 Å². The van der Waals surface area contributed by atoms with Crippen molar-refractivity contribution in [3.63, 3.8) is 0 Å². The van der Waals surface area contributed by atoms with E-state index >= 15 is 0 Å². The van der Waals surface area contributed by atoms with Gasteiger partial charge in [-0.05, 0) is 40.1 Å². The highest BCUT2D eigenvalue weighted by atomic mass is 16.5. The Bertz CT molecular complexity index is 723. The van der Waals surface area contributed by atoms with Gasteiger partial charge in [-0.15, -0.1) is 0 Å². The monoisotopic (exact) mass is 328 g/mol. The molecule has 24 heavy (non-hydrogen) atoms. The van der Waals surface area contributed by atoms with Crippen LogP contribution >= 0.6 is 0 Å². The Hall–Kier alpha value is -2.14. The first-order valence-corrected chi connectivity index (χ1v) is 8.28. The Morgan fingerprint density at radius 3 is 2.88 bits per heavy atom. The lowest BCUT2D eigenvalue weighted by atomic mass is 9.73. The van der Waals surface area contributed by atoms with Crippen molar-refractivity contribution in [3.05, 3.63) is 41.1 Å². The van der Waals surface area contributed by atoms with Crippen molar-refractivity contribution < 1.29 is 14.3 Å². The number of allylic oxidation sites excluding steroid dienone is 1. The van der Waals surface area contributed by atoms with Crippen LogP contribution in [-0.4, -0.2) is 43.3 Å². The van der Waals surface area contributed by atoms with Gasteiger partial charge < -0.3 is 15.0 Å².